The fourth-order valence-corrected chi connectivity index (χ4v) is 6.30. The highest BCUT2D eigenvalue weighted by atomic mass is 16.2. The summed E-state index contributed by atoms with van der Waals surface area (Å²) < 4.78 is 0. The summed E-state index contributed by atoms with van der Waals surface area (Å²) in [5.74, 6) is -0.0817. The molecule has 2 bridgehead atoms. The van der Waals surface area contributed by atoms with Gasteiger partial charge in [-0.15, -0.1) is 0 Å². The molecule has 3 heterocycles. The summed E-state index contributed by atoms with van der Waals surface area (Å²) in [6.07, 6.45) is 9.19. The summed E-state index contributed by atoms with van der Waals surface area (Å²) in [6.45, 7) is 2.13. The lowest BCUT2D eigenvalue weighted by molar-refractivity contribution is -0.136. The van der Waals surface area contributed by atoms with E-state index in [1.165, 1.54) is 18.4 Å². The first-order valence-electron chi connectivity index (χ1n) is 11.6. The Labute approximate surface area is 173 Å². The standard InChI is InChI=1S/C24H33N3O2/c1-15-12-16-6-2-5-9-22(16)27(15)24(29)21-8-4-3-7-20(21)23(28)26-19-13-17-10-11-18(14-19)25-17/h2,5-6,9,15,17-21,25H,3-4,7-8,10-14H2,1H3,(H,26,28). The second-order valence-corrected chi connectivity index (χ2v) is 9.70. The Bertz CT molecular complexity index is 782. The number of amides is 2. The largest absolute Gasteiger partial charge is 0.353 e. The lowest BCUT2D eigenvalue weighted by Crippen LogP contribution is -2.52. The average Bonchev–Trinajstić information content (AvgIpc) is 3.25. The maximum absolute atomic E-state index is 13.6. The predicted octanol–water partition coefficient (Wildman–Crippen LogP) is 3.17. The van der Waals surface area contributed by atoms with Gasteiger partial charge in [0, 0.05) is 35.8 Å². The molecule has 1 aliphatic carbocycles. The molecule has 2 saturated heterocycles. The van der Waals surface area contributed by atoms with E-state index >= 15 is 0 Å². The minimum atomic E-state index is -0.184. The van der Waals surface area contributed by atoms with Crippen LogP contribution in [0.1, 0.15) is 63.9 Å². The third-order valence-electron chi connectivity index (χ3n) is 7.68. The van der Waals surface area contributed by atoms with Gasteiger partial charge in [0.1, 0.15) is 0 Å². The average molecular weight is 396 g/mol. The fourth-order valence-electron chi connectivity index (χ4n) is 6.30. The third-order valence-corrected chi connectivity index (χ3v) is 7.68. The van der Waals surface area contributed by atoms with Crippen LogP contribution in [-0.4, -0.2) is 36.0 Å². The van der Waals surface area contributed by atoms with Gasteiger partial charge in [-0.1, -0.05) is 31.0 Å². The quantitative estimate of drug-likeness (QED) is 0.826. The number of hydrogen-bond donors (Lipinski definition) is 2. The topological polar surface area (TPSA) is 61.4 Å². The van der Waals surface area contributed by atoms with E-state index in [1.54, 1.807) is 0 Å². The van der Waals surface area contributed by atoms with Gasteiger partial charge < -0.3 is 15.5 Å². The van der Waals surface area contributed by atoms with Crippen molar-refractivity contribution in [2.24, 2.45) is 11.8 Å². The molecule has 0 spiro atoms. The van der Waals surface area contributed by atoms with Crippen LogP contribution in [-0.2, 0) is 16.0 Å². The zero-order valence-electron chi connectivity index (χ0n) is 17.4. The first-order chi connectivity index (χ1) is 14.1. The summed E-state index contributed by atoms with van der Waals surface area (Å²) in [5.41, 5.74) is 2.29. The van der Waals surface area contributed by atoms with Crippen molar-refractivity contribution in [3.05, 3.63) is 29.8 Å². The van der Waals surface area contributed by atoms with Crippen molar-refractivity contribution in [1.82, 2.24) is 10.6 Å². The van der Waals surface area contributed by atoms with Gasteiger partial charge in [0.25, 0.3) is 0 Å². The van der Waals surface area contributed by atoms with Crippen LogP contribution in [0.5, 0.6) is 0 Å². The molecule has 5 atom stereocenters. The van der Waals surface area contributed by atoms with Crippen molar-refractivity contribution in [3.8, 4) is 0 Å². The summed E-state index contributed by atoms with van der Waals surface area (Å²) in [4.78, 5) is 28.9. The van der Waals surface area contributed by atoms with Crippen molar-refractivity contribution in [2.45, 2.75) is 88.9 Å². The zero-order chi connectivity index (χ0) is 20.0. The van der Waals surface area contributed by atoms with Crippen LogP contribution in [0.25, 0.3) is 0 Å². The van der Waals surface area contributed by atoms with Crippen LogP contribution in [0.2, 0.25) is 0 Å². The molecule has 3 aliphatic heterocycles. The summed E-state index contributed by atoms with van der Waals surface area (Å²) in [7, 11) is 0. The van der Waals surface area contributed by atoms with Crippen LogP contribution < -0.4 is 15.5 Å². The molecule has 1 saturated carbocycles. The van der Waals surface area contributed by atoms with Gasteiger partial charge in [0.05, 0.1) is 5.92 Å². The van der Waals surface area contributed by atoms with Gasteiger partial charge in [0.2, 0.25) is 11.8 Å². The Kier molecular flexibility index (Phi) is 5.10. The van der Waals surface area contributed by atoms with E-state index in [-0.39, 0.29) is 35.7 Å². The van der Waals surface area contributed by atoms with E-state index in [0.29, 0.717) is 12.1 Å². The van der Waals surface area contributed by atoms with Gasteiger partial charge in [-0.25, -0.2) is 0 Å². The maximum atomic E-state index is 13.6. The molecular formula is C24H33N3O2. The normalized spacial score (nSPS) is 36.0. The maximum Gasteiger partial charge on any atom is 0.231 e. The molecule has 5 rings (SSSR count). The van der Waals surface area contributed by atoms with Crippen molar-refractivity contribution in [3.63, 3.8) is 0 Å². The molecule has 5 unspecified atom stereocenters. The Morgan fingerprint density at radius 1 is 1.00 bits per heavy atom. The highest BCUT2D eigenvalue weighted by molar-refractivity contribution is 6.00. The second-order valence-electron chi connectivity index (χ2n) is 9.70. The van der Waals surface area contributed by atoms with Crippen LogP contribution in [0.3, 0.4) is 0 Å². The number of anilines is 1. The van der Waals surface area contributed by atoms with Crippen molar-refractivity contribution in [1.29, 1.82) is 0 Å². The number of nitrogens with zero attached hydrogens (tertiary/aromatic N) is 1. The first-order valence-corrected chi connectivity index (χ1v) is 11.6. The molecule has 0 radical (unpaired) electrons. The van der Waals surface area contributed by atoms with E-state index in [9.17, 15) is 9.59 Å². The molecule has 3 fully saturated rings. The molecule has 5 nitrogen and oxygen atoms in total. The molecule has 2 N–H and O–H groups in total. The van der Waals surface area contributed by atoms with Crippen LogP contribution in [0.4, 0.5) is 5.69 Å². The Hall–Kier alpha value is -1.88. The second kappa shape index (κ2) is 7.75. The summed E-state index contributed by atoms with van der Waals surface area (Å²) in [5, 5.41) is 6.98. The van der Waals surface area contributed by atoms with Crippen LogP contribution >= 0.6 is 0 Å². The van der Waals surface area contributed by atoms with Crippen LogP contribution in [0.15, 0.2) is 24.3 Å². The van der Waals surface area contributed by atoms with Crippen molar-refractivity contribution >= 4 is 17.5 Å². The minimum absolute atomic E-state index is 0.120. The number of para-hydroxylation sites is 1. The van der Waals surface area contributed by atoms with E-state index in [0.717, 1.165) is 50.6 Å². The van der Waals surface area contributed by atoms with Gasteiger partial charge >= 0.3 is 0 Å². The van der Waals surface area contributed by atoms with Crippen LogP contribution in [0, 0.1) is 11.8 Å². The minimum Gasteiger partial charge on any atom is -0.353 e. The van der Waals surface area contributed by atoms with Gasteiger partial charge in [0.15, 0.2) is 0 Å². The van der Waals surface area contributed by atoms with E-state index in [1.807, 2.05) is 17.0 Å². The molecule has 156 valence electrons. The molecule has 29 heavy (non-hydrogen) atoms. The zero-order valence-corrected chi connectivity index (χ0v) is 17.4. The third kappa shape index (κ3) is 3.58. The smallest absolute Gasteiger partial charge is 0.231 e. The van der Waals surface area contributed by atoms with Gasteiger partial charge in [-0.05, 0) is 63.5 Å². The van der Waals surface area contributed by atoms with Gasteiger partial charge in [-0.2, -0.15) is 0 Å². The van der Waals surface area contributed by atoms with E-state index < -0.39 is 0 Å². The number of nitrogens with one attached hydrogen (secondary N) is 2. The molecule has 1 aromatic rings. The number of piperidine rings is 1. The highest BCUT2D eigenvalue weighted by Crippen LogP contribution is 2.38. The molecule has 4 aliphatic rings. The summed E-state index contributed by atoms with van der Waals surface area (Å²) >= 11 is 0. The van der Waals surface area contributed by atoms with E-state index in [2.05, 4.69) is 29.7 Å². The number of benzene rings is 1. The molecule has 2 amide bonds. The number of rotatable bonds is 3. The SMILES string of the molecule is CC1Cc2ccccc2N1C(=O)C1CCCCC1C(=O)NC1CC2CCC(C1)N2. The Balaban J connectivity index is 1.31. The molecular weight excluding hydrogens is 362 g/mol. The molecule has 5 heteroatoms. The lowest BCUT2D eigenvalue weighted by atomic mass is 9.77. The first kappa shape index (κ1) is 19.1. The Morgan fingerprint density at radius 3 is 2.45 bits per heavy atom. The van der Waals surface area contributed by atoms with Crippen molar-refractivity contribution in [2.75, 3.05) is 4.90 Å². The molecule has 0 aromatic heterocycles. The molecule has 1 aromatic carbocycles. The lowest BCUT2D eigenvalue weighted by Gasteiger charge is -2.36. The number of carbonyl (C=O) groups is 2. The van der Waals surface area contributed by atoms with Gasteiger partial charge in [-0.3, -0.25) is 9.59 Å². The number of fused-ring (bicyclic) bond motifs is 3. The number of hydrogen-bond acceptors (Lipinski definition) is 3. The summed E-state index contributed by atoms with van der Waals surface area (Å²) in [6, 6.07) is 9.79. The number of carbonyl (C=O) groups excluding carboxylic acids is 2. The Morgan fingerprint density at radius 2 is 1.69 bits per heavy atom. The highest BCUT2D eigenvalue weighted by Gasteiger charge is 2.42. The van der Waals surface area contributed by atoms with E-state index in [4.69, 9.17) is 0 Å². The predicted molar refractivity (Wildman–Crippen MR) is 114 cm³/mol. The monoisotopic (exact) mass is 395 g/mol. The fraction of sp³-hybridized carbons (Fsp3) is 0.667. The van der Waals surface area contributed by atoms with Crippen molar-refractivity contribution < 1.29 is 9.59 Å².